The van der Waals surface area contributed by atoms with Gasteiger partial charge in [0.1, 0.15) is 5.60 Å². The zero-order valence-corrected chi connectivity index (χ0v) is 14.9. The van der Waals surface area contributed by atoms with Gasteiger partial charge in [0, 0.05) is 11.4 Å². The van der Waals surface area contributed by atoms with Gasteiger partial charge < -0.3 is 9.64 Å². The van der Waals surface area contributed by atoms with E-state index in [1.54, 1.807) is 11.3 Å². The van der Waals surface area contributed by atoms with E-state index in [9.17, 15) is 4.79 Å². The molecule has 112 valence electrons. The number of carbonyl (C=O) groups is 1. The van der Waals surface area contributed by atoms with Crippen LogP contribution in [0.2, 0.25) is 0 Å². The van der Waals surface area contributed by atoms with Gasteiger partial charge in [-0.05, 0) is 61.2 Å². The van der Waals surface area contributed by atoms with Gasteiger partial charge in [-0.3, -0.25) is 0 Å². The fourth-order valence-corrected chi connectivity index (χ4v) is 4.41. The van der Waals surface area contributed by atoms with Crippen molar-refractivity contribution in [3.63, 3.8) is 0 Å². The van der Waals surface area contributed by atoms with Crippen molar-refractivity contribution in [2.45, 2.75) is 58.6 Å². The minimum absolute atomic E-state index is 0.162. The van der Waals surface area contributed by atoms with Gasteiger partial charge in [0.25, 0.3) is 0 Å². The van der Waals surface area contributed by atoms with E-state index in [2.05, 4.69) is 28.9 Å². The van der Waals surface area contributed by atoms with Gasteiger partial charge in [0.15, 0.2) is 0 Å². The number of thiophene rings is 1. The maximum atomic E-state index is 12.4. The van der Waals surface area contributed by atoms with Crippen LogP contribution in [0.25, 0.3) is 0 Å². The predicted octanol–water partition coefficient (Wildman–Crippen LogP) is 5.15. The smallest absolute Gasteiger partial charge is 0.410 e. The van der Waals surface area contributed by atoms with Crippen molar-refractivity contribution in [1.29, 1.82) is 0 Å². The molecule has 0 aromatic carbocycles. The Labute approximate surface area is 133 Å². The molecular weight excluding hydrogens is 338 g/mol. The summed E-state index contributed by atoms with van der Waals surface area (Å²) in [5, 5.41) is 0. The van der Waals surface area contributed by atoms with Crippen molar-refractivity contribution in [2.24, 2.45) is 0 Å². The minimum atomic E-state index is -0.440. The minimum Gasteiger partial charge on any atom is -0.444 e. The molecule has 1 aliphatic rings. The third-order valence-corrected chi connectivity index (χ3v) is 5.08. The van der Waals surface area contributed by atoms with Crippen LogP contribution < -0.4 is 0 Å². The summed E-state index contributed by atoms with van der Waals surface area (Å²) < 4.78 is 6.70. The summed E-state index contributed by atoms with van der Waals surface area (Å²) in [6, 6.07) is 2.35. The molecule has 5 heteroatoms. The summed E-state index contributed by atoms with van der Waals surface area (Å²) in [6.45, 7) is 8.64. The van der Waals surface area contributed by atoms with Crippen LogP contribution >= 0.6 is 27.3 Å². The number of fused-ring (bicyclic) bond motifs is 1. The molecule has 0 saturated carbocycles. The summed E-state index contributed by atoms with van der Waals surface area (Å²) in [5.41, 5.74) is 0.935. The van der Waals surface area contributed by atoms with E-state index < -0.39 is 5.60 Å². The molecular formula is C15H22BrNO2S. The Balaban J connectivity index is 2.23. The zero-order valence-electron chi connectivity index (χ0n) is 12.5. The monoisotopic (exact) mass is 359 g/mol. The quantitative estimate of drug-likeness (QED) is 0.730. The van der Waals surface area contributed by atoms with E-state index in [-0.39, 0.29) is 12.1 Å². The van der Waals surface area contributed by atoms with E-state index >= 15 is 0 Å². The van der Waals surface area contributed by atoms with E-state index in [0.29, 0.717) is 0 Å². The van der Waals surface area contributed by atoms with Crippen molar-refractivity contribution in [2.75, 3.05) is 6.54 Å². The second-order valence-corrected chi connectivity index (χ2v) is 8.63. The molecule has 0 saturated heterocycles. The molecule has 3 nitrogen and oxygen atoms in total. The topological polar surface area (TPSA) is 29.5 Å². The third kappa shape index (κ3) is 3.55. The molecule has 0 bridgehead atoms. The van der Waals surface area contributed by atoms with Crippen molar-refractivity contribution in [3.05, 3.63) is 20.3 Å². The Bertz CT molecular complexity index is 493. The maximum Gasteiger partial charge on any atom is 0.410 e. The average Bonchev–Trinajstić information content (AvgIpc) is 2.68. The van der Waals surface area contributed by atoms with E-state index in [0.717, 1.165) is 29.6 Å². The fraction of sp³-hybridized carbons (Fsp3) is 0.667. The van der Waals surface area contributed by atoms with Crippen LogP contribution in [0.3, 0.4) is 0 Å². The molecule has 2 heterocycles. The molecule has 0 aliphatic carbocycles. The molecule has 0 fully saturated rings. The van der Waals surface area contributed by atoms with Crippen molar-refractivity contribution >= 4 is 33.4 Å². The van der Waals surface area contributed by atoms with Crippen LogP contribution in [-0.2, 0) is 11.2 Å². The van der Waals surface area contributed by atoms with Gasteiger partial charge in [-0.15, -0.1) is 11.3 Å². The molecule has 1 aliphatic heterocycles. The molecule has 0 radical (unpaired) electrons. The molecule has 1 amide bonds. The summed E-state index contributed by atoms with van der Waals surface area (Å²) in [7, 11) is 0. The van der Waals surface area contributed by atoms with Gasteiger partial charge in [-0.25, -0.2) is 4.79 Å². The number of nitrogens with zero attached hydrogens (tertiary/aromatic N) is 1. The third-order valence-electron chi connectivity index (χ3n) is 3.30. The van der Waals surface area contributed by atoms with Crippen molar-refractivity contribution in [3.8, 4) is 0 Å². The highest BCUT2D eigenvalue weighted by molar-refractivity contribution is 9.11. The van der Waals surface area contributed by atoms with Crippen LogP contribution in [0.4, 0.5) is 4.79 Å². The first kappa shape index (κ1) is 15.8. The molecule has 20 heavy (non-hydrogen) atoms. The number of halogens is 1. The van der Waals surface area contributed by atoms with Crippen molar-refractivity contribution < 1.29 is 9.53 Å². The van der Waals surface area contributed by atoms with Crippen LogP contribution in [0, 0.1) is 0 Å². The summed E-state index contributed by atoms with van der Waals surface area (Å²) in [4.78, 5) is 15.6. The predicted molar refractivity (Wildman–Crippen MR) is 86.3 cm³/mol. The van der Waals surface area contributed by atoms with Crippen LogP contribution in [0.5, 0.6) is 0 Å². The summed E-state index contributed by atoms with van der Waals surface area (Å²) in [5.74, 6) is 0. The normalized spacial score (nSPS) is 18.9. The first-order chi connectivity index (χ1) is 9.31. The van der Waals surface area contributed by atoms with E-state index in [1.165, 1.54) is 10.4 Å². The molecule has 0 N–H and O–H groups in total. The highest BCUT2D eigenvalue weighted by atomic mass is 79.9. The van der Waals surface area contributed by atoms with Gasteiger partial charge in [-0.2, -0.15) is 0 Å². The number of rotatable bonds is 2. The number of hydrogen-bond acceptors (Lipinski definition) is 3. The summed E-state index contributed by atoms with van der Waals surface area (Å²) >= 11 is 5.31. The number of carbonyl (C=O) groups excluding carboxylic acids is 1. The first-order valence-corrected chi connectivity index (χ1v) is 8.70. The average molecular weight is 360 g/mol. The van der Waals surface area contributed by atoms with E-state index in [4.69, 9.17) is 4.74 Å². The van der Waals surface area contributed by atoms with Crippen molar-refractivity contribution in [1.82, 2.24) is 4.90 Å². The van der Waals surface area contributed by atoms with Crippen LogP contribution in [-0.4, -0.2) is 23.1 Å². The number of amides is 1. The SMILES string of the molecule is CCCC1c2sc(Br)cc2CCN1C(=O)OC(C)(C)C. The fourth-order valence-electron chi connectivity index (χ4n) is 2.52. The highest BCUT2D eigenvalue weighted by Crippen LogP contribution is 2.41. The lowest BCUT2D eigenvalue weighted by Crippen LogP contribution is -2.42. The Morgan fingerprint density at radius 3 is 2.85 bits per heavy atom. The molecule has 0 spiro atoms. The van der Waals surface area contributed by atoms with E-state index in [1.807, 2.05) is 25.7 Å². The lowest BCUT2D eigenvalue weighted by molar-refractivity contribution is 0.0136. The molecule has 1 atom stereocenters. The maximum absolute atomic E-state index is 12.4. The second-order valence-electron chi connectivity index (χ2n) is 6.17. The van der Waals surface area contributed by atoms with Gasteiger partial charge >= 0.3 is 6.09 Å². The molecule has 1 unspecified atom stereocenters. The number of ether oxygens (including phenoxy) is 1. The first-order valence-electron chi connectivity index (χ1n) is 7.09. The van der Waals surface area contributed by atoms with Crippen LogP contribution in [0.15, 0.2) is 9.85 Å². The summed E-state index contributed by atoms with van der Waals surface area (Å²) in [6.07, 6.45) is 2.76. The zero-order chi connectivity index (χ0) is 14.9. The van der Waals surface area contributed by atoms with Gasteiger partial charge in [0.05, 0.1) is 9.83 Å². The van der Waals surface area contributed by atoms with Crippen LogP contribution in [0.1, 0.15) is 57.0 Å². The number of hydrogen-bond donors (Lipinski definition) is 0. The second kappa shape index (κ2) is 6.06. The Hall–Kier alpha value is -0.550. The Kier molecular flexibility index (Phi) is 4.80. The molecule has 1 aromatic rings. The van der Waals surface area contributed by atoms with Gasteiger partial charge in [-0.1, -0.05) is 13.3 Å². The molecule has 2 rings (SSSR count). The Morgan fingerprint density at radius 1 is 1.55 bits per heavy atom. The Morgan fingerprint density at radius 2 is 2.25 bits per heavy atom. The highest BCUT2D eigenvalue weighted by Gasteiger charge is 2.34. The largest absolute Gasteiger partial charge is 0.444 e. The lowest BCUT2D eigenvalue weighted by Gasteiger charge is -2.36. The lowest BCUT2D eigenvalue weighted by atomic mass is 9.98. The van der Waals surface area contributed by atoms with Gasteiger partial charge in [0.2, 0.25) is 0 Å². The molecule has 1 aromatic heterocycles. The standard InChI is InChI=1S/C15H22BrNO2S/c1-5-6-11-13-10(9-12(16)20-13)7-8-17(11)14(18)19-15(2,3)4/h9,11H,5-8H2,1-4H3.